The molecule has 3 nitrogen and oxygen atoms in total. The second-order valence-corrected chi connectivity index (χ2v) is 5.02. The van der Waals surface area contributed by atoms with Gasteiger partial charge in [-0.1, -0.05) is 39.0 Å². The van der Waals surface area contributed by atoms with Crippen LogP contribution in [0.1, 0.15) is 44.2 Å². The minimum absolute atomic E-state index is 0.0243. The lowest BCUT2D eigenvalue weighted by Gasteiger charge is -2.19. The maximum atomic E-state index is 12.1. The molecule has 0 heterocycles. The van der Waals surface area contributed by atoms with Crippen LogP contribution in [0.15, 0.2) is 18.2 Å². The molecule has 18 heavy (non-hydrogen) atoms. The summed E-state index contributed by atoms with van der Waals surface area (Å²) in [5, 5.41) is 3.04. The zero-order valence-electron chi connectivity index (χ0n) is 11.8. The maximum absolute atomic E-state index is 12.1. The van der Waals surface area contributed by atoms with E-state index in [1.54, 1.807) is 0 Å². The van der Waals surface area contributed by atoms with Gasteiger partial charge in [0.05, 0.1) is 5.92 Å². The Morgan fingerprint density at radius 3 is 2.56 bits per heavy atom. The van der Waals surface area contributed by atoms with Crippen LogP contribution >= 0.6 is 0 Å². The van der Waals surface area contributed by atoms with E-state index >= 15 is 0 Å². The van der Waals surface area contributed by atoms with E-state index in [1.165, 1.54) is 5.56 Å². The summed E-state index contributed by atoms with van der Waals surface area (Å²) < 4.78 is 0. The molecule has 1 atom stereocenters. The van der Waals surface area contributed by atoms with E-state index in [0.717, 1.165) is 17.7 Å². The van der Waals surface area contributed by atoms with E-state index in [0.29, 0.717) is 12.5 Å². The molecule has 0 bridgehead atoms. The quantitative estimate of drug-likeness (QED) is 0.841. The fourth-order valence-corrected chi connectivity index (χ4v) is 2.03. The first-order valence-corrected chi connectivity index (χ1v) is 6.61. The monoisotopic (exact) mass is 248 g/mol. The van der Waals surface area contributed by atoms with Gasteiger partial charge in [-0.15, -0.1) is 0 Å². The second kappa shape index (κ2) is 6.55. The summed E-state index contributed by atoms with van der Waals surface area (Å²) in [6.45, 7) is 8.66. The zero-order valence-corrected chi connectivity index (χ0v) is 11.8. The molecule has 0 saturated heterocycles. The zero-order chi connectivity index (χ0) is 13.7. The Hall–Kier alpha value is -1.35. The lowest BCUT2D eigenvalue weighted by molar-refractivity contribution is -0.119. The SMILES string of the molecule is CCC(CN)C(=O)Nc1c(C)cccc1C(C)C. The molecule has 0 fully saturated rings. The van der Waals surface area contributed by atoms with Crippen LogP contribution in [0.3, 0.4) is 0 Å². The van der Waals surface area contributed by atoms with Crippen LogP contribution in [0.2, 0.25) is 0 Å². The van der Waals surface area contributed by atoms with Gasteiger partial charge < -0.3 is 11.1 Å². The highest BCUT2D eigenvalue weighted by atomic mass is 16.1. The highest BCUT2D eigenvalue weighted by molar-refractivity contribution is 5.94. The summed E-state index contributed by atoms with van der Waals surface area (Å²) in [6, 6.07) is 6.11. The molecular weight excluding hydrogens is 224 g/mol. The number of aryl methyl sites for hydroxylation is 1. The van der Waals surface area contributed by atoms with E-state index in [1.807, 2.05) is 26.0 Å². The van der Waals surface area contributed by atoms with Gasteiger partial charge in [-0.3, -0.25) is 4.79 Å². The van der Waals surface area contributed by atoms with Crippen LogP contribution in [-0.2, 0) is 4.79 Å². The molecule has 0 saturated carbocycles. The van der Waals surface area contributed by atoms with Gasteiger partial charge in [0, 0.05) is 12.2 Å². The molecule has 100 valence electrons. The third kappa shape index (κ3) is 3.33. The Labute approximate surface area is 110 Å². The van der Waals surface area contributed by atoms with Gasteiger partial charge >= 0.3 is 0 Å². The maximum Gasteiger partial charge on any atom is 0.228 e. The summed E-state index contributed by atoms with van der Waals surface area (Å²) in [5.41, 5.74) is 8.84. The van der Waals surface area contributed by atoms with Crippen LogP contribution in [-0.4, -0.2) is 12.5 Å². The van der Waals surface area contributed by atoms with Gasteiger partial charge in [0.15, 0.2) is 0 Å². The van der Waals surface area contributed by atoms with Crippen LogP contribution in [0.5, 0.6) is 0 Å². The second-order valence-electron chi connectivity index (χ2n) is 5.02. The van der Waals surface area contributed by atoms with Crippen LogP contribution in [0.4, 0.5) is 5.69 Å². The Bertz CT molecular complexity index is 409. The molecule has 1 unspecified atom stereocenters. The first-order chi connectivity index (χ1) is 8.51. The van der Waals surface area contributed by atoms with Crippen molar-refractivity contribution in [1.29, 1.82) is 0 Å². The molecular formula is C15H24N2O. The number of nitrogens with two attached hydrogens (primary N) is 1. The van der Waals surface area contributed by atoms with E-state index in [9.17, 15) is 4.79 Å². The molecule has 0 aromatic heterocycles. The fourth-order valence-electron chi connectivity index (χ4n) is 2.03. The first-order valence-electron chi connectivity index (χ1n) is 6.61. The molecule has 0 aliphatic heterocycles. The van der Waals surface area contributed by atoms with Gasteiger partial charge in [0.25, 0.3) is 0 Å². The van der Waals surface area contributed by atoms with Gasteiger partial charge in [-0.05, 0) is 30.4 Å². The largest absolute Gasteiger partial charge is 0.330 e. The van der Waals surface area contributed by atoms with Crippen LogP contribution < -0.4 is 11.1 Å². The van der Waals surface area contributed by atoms with Crippen molar-refractivity contribution in [1.82, 2.24) is 0 Å². The van der Waals surface area contributed by atoms with Crippen LogP contribution in [0.25, 0.3) is 0 Å². The predicted octanol–water partition coefficient (Wildman–Crippen LogP) is 3.04. The van der Waals surface area contributed by atoms with Gasteiger partial charge in [-0.25, -0.2) is 0 Å². The summed E-state index contributed by atoms with van der Waals surface area (Å²) in [4.78, 5) is 12.1. The Balaban J connectivity index is 2.99. The van der Waals surface area contributed by atoms with E-state index in [2.05, 4.69) is 25.2 Å². The van der Waals surface area contributed by atoms with Crippen molar-refractivity contribution in [3.8, 4) is 0 Å². The molecule has 3 heteroatoms. The van der Waals surface area contributed by atoms with E-state index < -0.39 is 0 Å². The molecule has 0 aliphatic carbocycles. The number of amides is 1. The molecule has 1 aromatic rings. The number of nitrogens with one attached hydrogen (secondary N) is 1. The smallest absolute Gasteiger partial charge is 0.228 e. The number of carbonyl (C=O) groups excluding carboxylic acids is 1. The summed E-state index contributed by atoms with van der Waals surface area (Å²) >= 11 is 0. The van der Waals surface area contributed by atoms with Crippen molar-refractivity contribution in [2.45, 2.75) is 40.0 Å². The molecule has 1 aromatic carbocycles. The van der Waals surface area contributed by atoms with Crippen molar-refractivity contribution in [3.63, 3.8) is 0 Å². The Kier molecular flexibility index (Phi) is 5.35. The van der Waals surface area contributed by atoms with Crippen molar-refractivity contribution in [2.75, 3.05) is 11.9 Å². The van der Waals surface area contributed by atoms with Crippen LogP contribution in [0, 0.1) is 12.8 Å². The number of rotatable bonds is 5. The minimum atomic E-state index is -0.107. The van der Waals surface area contributed by atoms with Crippen molar-refractivity contribution in [3.05, 3.63) is 29.3 Å². The summed E-state index contributed by atoms with van der Waals surface area (Å²) in [6.07, 6.45) is 0.769. The highest BCUT2D eigenvalue weighted by Gasteiger charge is 2.17. The standard InChI is InChI=1S/C15H24N2O/c1-5-12(9-16)15(18)17-14-11(4)7-6-8-13(14)10(2)3/h6-8,10,12H,5,9,16H2,1-4H3,(H,17,18). The number of benzene rings is 1. The first kappa shape index (κ1) is 14.7. The normalized spacial score (nSPS) is 12.6. The summed E-state index contributed by atoms with van der Waals surface area (Å²) in [5.74, 6) is 0.305. The molecule has 0 aliphatic rings. The van der Waals surface area contributed by atoms with Crippen molar-refractivity contribution >= 4 is 11.6 Å². The predicted molar refractivity (Wildman–Crippen MR) is 76.7 cm³/mol. The van der Waals surface area contributed by atoms with Gasteiger partial charge in [-0.2, -0.15) is 0 Å². The fraction of sp³-hybridized carbons (Fsp3) is 0.533. The molecule has 1 amide bonds. The highest BCUT2D eigenvalue weighted by Crippen LogP contribution is 2.27. The number of anilines is 1. The Morgan fingerprint density at radius 1 is 1.39 bits per heavy atom. The lowest BCUT2D eigenvalue weighted by Crippen LogP contribution is -2.29. The minimum Gasteiger partial charge on any atom is -0.330 e. The molecule has 1 rings (SSSR count). The Morgan fingerprint density at radius 2 is 2.06 bits per heavy atom. The van der Waals surface area contributed by atoms with E-state index in [4.69, 9.17) is 5.73 Å². The van der Waals surface area contributed by atoms with Gasteiger partial charge in [0.2, 0.25) is 5.91 Å². The lowest BCUT2D eigenvalue weighted by atomic mass is 9.97. The van der Waals surface area contributed by atoms with Crippen molar-refractivity contribution < 1.29 is 4.79 Å². The average Bonchev–Trinajstić information content (AvgIpc) is 2.33. The number of hydrogen-bond acceptors (Lipinski definition) is 2. The van der Waals surface area contributed by atoms with Gasteiger partial charge in [0.1, 0.15) is 0 Å². The number of hydrogen-bond donors (Lipinski definition) is 2. The van der Waals surface area contributed by atoms with Crippen molar-refractivity contribution in [2.24, 2.45) is 11.7 Å². The average molecular weight is 248 g/mol. The van der Waals surface area contributed by atoms with E-state index in [-0.39, 0.29) is 11.8 Å². The number of para-hydroxylation sites is 1. The third-order valence-electron chi connectivity index (χ3n) is 3.32. The molecule has 0 radical (unpaired) electrons. The molecule has 3 N–H and O–H groups in total. The number of carbonyl (C=O) groups is 1. The molecule has 0 spiro atoms. The third-order valence-corrected chi connectivity index (χ3v) is 3.32. The summed E-state index contributed by atoms with van der Waals surface area (Å²) in [7, 11) is 0. The topological polar surface area (TPSA) is 55.1 Å².